The topological polar surface area (TPSA) is 117 Å². The highest BCUT2D eigenvalue weighted by Gasteiger charge is 1.98. The summed E-state index contributed by atoms with van der Waals surface area (Å²) < 4.78 is 0. The number of guanidine groups is 1. The average Bonchev–Trinajstić information content (AvgIpc) is 2.10. The van der Waals surface area contributed by atoms with Gasteiger partial charge in [0.25, 0.3) is 0 Å². The van der Waals surface area contributed by atoms with Gasteiger partial charge in [0.15, 0.2) is 0 Å². The second kappa shape index (κ2) is 4.13. The zero-order chi connectivity index (χ0) is 10.6. The molecule has 0 saturated carbocycles. The Balaban J connectivity index is 2.91. The van der Waals surface area contributed by atoms with E-state index in [0.29, 0.717) is 5.56 Å². The molecule has 0 unspecified atom stereocenters. The van der Waals surface area contributed by atoms with Crippen LogP contribution in [0.5, 0.6) is 11.5 Å². The smallest absolute Gasteiger partial charge is 0.211 e. The summed E-state index contributed by atoms with van der Waals surface area (Å²) in [5, 5.41) is 25.2. The molecule has 0 aliphatic carbocycles. The van der Waals surface area contributed by atoms with Crippen LogP contribution in [0.4, 0.5) is 0 Å². The van der Waals surface area contributed by atoms with E-state index in [1.54, 1.807) is 0 Å². The lowest BCUT2D eigenvalue weighted by Crippen LogP contribution is -2.21. The Hall–Kier alpha value is -2.24. The van der Waals surface area contributed by atoms with Gasteiger partial charge in [0.2, 0.25) is 5.96 Å². The highest BCUT2D eigenvalue weighted by atomic mass is 16.3. The van der Waals surface area contributed by atoms with Crippen molar-refractivity contribution in [3.63, 3.8) is 0 Å². The molecular formula is C8H10N4O2. The number of benzene rings is 1. The van der Waals surface area contributed by atoms with Crippen LogP contribution >= 0.6 is 0 Å². The number of phenols is 2. The van der Waals surface area contributed by atoms with Crippen molar-refractivity contribution < 1.29 is 10.2 Å². The van der Waals surface area contributed by atoms with Gasteiger partial charge in [-0.3, -0.25) is 0 Å². The molecule has 74 valence electrons. The standard InChI is InChI=1S/C8H10N4O2/c9-8(10)12-11-4-5-3-6(13)1-2-7(5)14/h1-4,13-14H,(H4,9,10,12)/b11-4+. The monoisotopic (exact) mass is 194 g/mol. The van der Waals surface area contributed by atoms with Crippen LogP contribution in [0.1, 0.15) is 5.56 Å². The zero-order valence-corrected chi connectivity index (χ0v) is 7.25. The minimum Gasteiger partial charge on any atom is -0.508 e. The minimum atomic E-state index is -0.180. The molecule has 0 aliphatic heterocycles. The fraction of sp³-hybridized carbons (Fsp3) is 0. The first-order chi connectivity index (χ1) is 6.59. The summed E-state index contributed by atoms with van der Waals surface area (Å²) >= 11 is 0. The number of nitrogens with two attached hydrogens (primary N) is 2. The maximum atomic E-state index is 9.29. The average molecular weight is 194 g/mol. The lowest BCUT2D eigenvalue weighted by molar-refractivity contribution is 0.459. The number of hydrogen-bond acceptors (Lipinski definition) is 4. The van der Waals surface area contributed by atoms with E-state index in [-0.39, 0.29) is 17.5 Å². The third-order valence-corrected chi connectivity index (χ3v) is 1.38. The van der Waals surface area contributed by atoms with Gasteiger partial charge in [0.1, 0.15) is 11.5 Å². The molecule has 6 nitrogen and oxygen atoms in total. The van der Waals surface area contributed by atoms with Crippen molar-refractivity contribution in [1.82, 2.24) is 0 Å². The third-order valence-electron chi connectivity index (χ3n) is 1.38. The zero-order valence-electron chi connectivity index (χ0n) is 7.25. The van der Waals surface area contributed by atoms with E-state index in [2.05, 4.69) is 10.2 Å². The second-order valence-corrected chi connectivity index (χ2v) is 2.51. The number of hydrogen-bond donors (Lipinski definition) is 4. The van der Waals surface area contributed by atoms with Crippen molar-refractivity contribution in [3.05, 3.63) is 23.8 Å². The highest BCUT2D eigenvalue weighted by molar-refractivity contribution is 5.85. The lowest BCUT2D eigenvalue weighted by Gasteiger charge is -1.97. The molecular weight excluding hydrogens is 184 g/mol. The van der Waals surface area contributed by atoms with E-state index >= 15 is 0 Å². The van der Waals surface area contributed by atoms with Gasteiger partial charge in [-0.15, -0.1) is 5.10 Å². The molecule has 0 aliphatic rings. The van der Waals surface area contributed by atoms with Gasteiger partial charge in [0.05, 0.1) is 6.21 Å². The van der Waals surface area contributed by atoms with E-state index in [0.717, 1.165) is 0 Å². The van der Waals surface area contributed by atoms with Crippen molar-refractivity contribution in [2.24, 2.45) is 21.7 Å². The normalized spacial score (nSPS) is 10.3. The van der Waals surface area contributed by atoms with Crippen LogP contribution in [0.3, 0.4) is 0 Å². The number of phenolic OH excluding ortho intramolecular Hbond substituents is 2. The van der Waals surface area contributed by atoms with Crippen LogP contribution in [-0.2, 0) is 0 Å². The Kier molecular flexibility index (Phi) is 2.90. The SMILES string of the molecule is NC(N)=N/N=C/c1cc(O)ccc1O. The first-order valence-corrected chi connectivity index (χ1v) is 3.73. The third kappa shape index (κ3) is 2.67. The first kappa shape index (κ1) is 9.85. The van der Waals surface area contributed by atoms with Crippen molar-refractivity contribution in [2.75, 3.05) is 0 Å². The van der Waals surface area contributed by atoms with Crippen molar-refractivity contribution >= 4 is 12.2 Å². The van der Waals surface area contributed by atoms with E-state index in [4.69, 9.17) is 16.6 Å². The summed E-state index contributed by atoms with van der Waals surface area (Å²) in [4.78, 5) is 0. The summed E-state index contributed by atoms with van der Waals surface area (Å²) in [6, 6.07) is 4.03. The Morgan fingerprint density at radius 2 is 2.00 bits per heavy atom. The predicted molar refractivity (Wildman–Crippen MR) is 53.2 cm³/mol. The molecule has 14 heavy (non-hydrogen) atoms. The molecule has 1 rings (SSSR count). The largest absolute Gasteiger partial charge is 0.508 e. The van der Waals surface area contributed by atoms with Gasteiger partial charge < -0.3 is 21.7 Å². The molecule has 0 amide bonds. The number of rotatable bonds is 2. The van der Waals surface area contributed by atoms with Gasteiger partial charge in [-0.25, -0.2) is 0 Å². The molecule has 0 heterocycles. The van der Waals surface area contributed by atoms with E-state index in [9.17, 15) is 5.11 Å². The number of aromatic hydroxyl groups is 2. The predicted octanol–water partition coefficient (Wildman–Crippen LogP) is -0.295. The van der Waals surface area contributed by atoms with Crippen LogP contribution in [-0.4, -0.2) is 22.4 Å². The molecule has 0 fully saturated rings. The van der Waals surface area contributed by atoms with Gasteiger partial charge in [-0.2, -0.15) is 5.10 Å². The first-order valence-electron chi connectivity index (χ1n) is 3.73. The second-order valence-electron chi connectivity index (χ2n) is 2.51. The van der Waals surface area contributed by atoms with Crippen LogP contribution in [0.25, 0.3) is 0 Å². The minimum absolute atomic E-state index is 0.0163. The van der Waals surface area contributed by atoms with Crippen LogP contribution in [0, 0.1) is 0 Å². The van der Waals surface area contributed by atoms with Crippen LogP contribution < -0.4 is 11.5 Å². The molecule has 6 N–H and O–H groups in total. The van der Waals surface area contributed by atoms with Gasteiger partial charge in [0, 0.05) is 5.56 Å². The van der Waals surface area contributed by atoms with Crippen molar-refractivity contribution in [1.29, 1.82) is 0 Å². The fourth-order valence-corrected chi connectivity index (χ4v) is 0.803. The summed E-state index contributed by atoms with van der Waals surface area (Å²) in [5.41, 5.74) is 10.4. The summed E-state index contributed by atoms with van der Waals surface area (Å²) in [7, 11) is 0. The van der Waals surface area contributed by atoms with Crippen molar-refractivity contribution in [2.45, 2.75) is 0 Å². The maximum absolute atomic E-state index is 9.29. The van der Waals surface area contributed by atoms with Gasteiger partial charge in [-0.05, 0) is 18.2 Å². The Labute approximate surface area is 80.2 Å². The molecule has 0 atom stereocenters. The summed E-state index contributed by atoms with van der Waals surface area (Å²) in [6.07, 6.45) is 1.23. The Bertz CT molecular complexity index is 383. The quantitative estimate of drug-likeness (QED) is 0.224. The molecule has 0 bridgehead atoms. The Morgan fingerprint density at radius 3 is 2.64 bits per heavy atom. The van der Waals surface area contributed by atoms with E-state index in [1.807, 2.05) is 0 Å². The molecule has 0 aromatic heterocycles. The summed E-state index contributed by atoms with van der Waals surface area (Å²) in [6.45, 7) is 0. The van der Waals surface area contributed by atoms with Gasteiger partial charge in [-0.1, -0.05) is 0 Å². The summed E-state index contributed by atoms with van der Waals surface area (Å²) in [5.74, 6) is -0.174. The molecule has 0 radical (unpaired) electrons. The number of nitrogens with zero attached hydrogens (tertiary/aromatic N) is 2. The molecule has 6 heteroatoms. The fourth-order valence-electron chi connectivity index (χ4n) is 0.803. The molecule has 1 aromatic rings. The molecule has 1 aromatic carbocycles. The van der Waals surface area contributed by atoms with E-state index in [1.165, 1.54) is 24.4 Å². The van der Waals surface area contributed by atoms with Crippen LogP contribution in [0.2, 0.25) is 0 Å². The molecule has 0 spiro atoms. The van der Waals surface area contributed by atoms with E-state index < -0.39 is 0 Å². The van der Waals surface area contributed by atoms with Crippen LogP contribution in [0.15, 0.2) is 28.4 Å². The van der Waals surface area contributed by atoms with Gasteiger partial charge >= 0.3 is 0 Å². The maximum Gasteiger partial charge on any atom is 0.211 e. The Morgan fingerprint density at radius 1 is 1.29 bits per heavy atom. The van der Waals surface area contributed by atoms with Crippen molar-refractivity contribution in [3.8, 4) is 11.5 Å². The lowest BCUT2D eigenvalue weighted by atomic mass is 10.2. The highest BCUT2D eigenvalue weighted by Crippen LogP contribution is 2.19. The molecule has 0 saturated heterocycles.